The highest BCUT2D eigenvalue weighted by Crippen LogP contribution is 2.38. The van der Waals surface area contributed by atoms with Crippen LogP contribution in [0.3, 0.4) is 0 Å². The molecule has 6 aliphatic heterocycles. The van der Waals surface area contributed by atoms with Crippen LogP contribution in [-0.2, 0) is 52.6 Å². The van der Waals surface area contributed by atoms with Crippen molar-refractivity contribution in [2.24, 2.45) is 11.8 Å². The number of amides is 4. The van der Waals surface area contributed by atoms with Gasteiger partial charge in [0.25, 0.3) is 0 Å². The van der Waals surface area contributed by atoms with E-state index in [1.165, 1.54) is 29.7 Å². The molecule has 9 heterocycles. The van der Waals surface area contributed by atoms with E-state index < -0.39 is 96.5 Å². The summed E-state index contributed by atoms with van der Waals surface area (Å²) in [7, 11) is -5.97. The molecule has 0 bridgehead atoms. The van der Waals surface area contributed by atoms with Crippen molar-refractivity contribution in [2.45, 2.75) is 119 Å². The molecule has 39 heteroatoms. The number of carbonyl (C=O) groups is 2. The number of nitrogens with one attached hydrogen (secondary N) is 4. The highest BCUT2D eigenvalue weighted by atomic mass is 35.7. The van der Waals surface area contributed by atoms with Crippen LogP contribution in [0.1, 0.15) is 92.7 Å². The summed E-state index contributed by atoms with van der Waals surface area (Å²) >= 11 is 11.9. The van der Waals surface area contributed by atoms with E-state index in [9.17, 15) is 61.2 Å². The summed E-state index contributed by atoms with van der Waals surface area (Å²) in [5, 5.41) is 6.66. The maximum Gasteiger partial charge on any atom is 0.495 e. The Labute approximate surface area is 638 Å². The molecular formula is C68H97BCl3F6N13O13S3. The number of halogens is 9. The lowest BCUT2D eigenvalue weighted by Crippen LogP contribution is -2.41. The molecule has 596 valence electrons. The predicted octanol–water partition coefficient (Wildman–Crippen LogP) is 12.3. The van der Waals surface area contributed by atoms with Crippen LogP contribution in [0.15, 0.2) is 72.8 Å². The van der Waals surface area contributed by atoms with Crippen molar-refractivity contribution >= 4 is 134 Å². The van der Waals surface area contributed by atoms with Crippen molar-refractivity contribution < 1.29 is 84.7 Å². The molecule has 6 aliphatic rings. The van der Waals surface area contributed by atoms with Crippen LogP contribution in [-0.4, -0.2) is 215 Å². The lowest BCUT2D eigenvalue weighted by molar-refractivity contribution is -0.144. The van der Waals surface area contributed by atoms with Crippen LogP contribution in [0.5, 0.6) is 0 Å². The van der Waals surface area contributed by atoms with Crippen molar-refractivity contribution in [1.82, 2.24) is 24.8 Å². The van der Waals surface area contributed by atoms with E-state index in [4.69, 9.17) is 52.5 Å². The van der Waals surface area contributed by atoms with Crippen LogP contribution in [0.2, 0.25) is 10.0 Å². The van der Waals surface area contributed by atoms with Gasteiger partial charge in [0.2, 0.25) is 29.1 Å². The van der Waals surface area contributed by atoms with E-state index in [0.717, 1.165) is 54.3 Å². The number of pyridine rings is 3. The van der Waals surface area contributed by atoms with Gasteiger partial charge in [-0.3, -0.25) is 9.44 Å². The molecule has 0 spiro atoms. The Hall–Kier alpha value is -6.61. The van der Waals surface area contributed by atoms with E-state index >= 15 is 0 Å². The molecule has 107 heavy (non-hydrogen) atoms. The van der Waals surface area contributed by atoms with Crippen LogP contribution in [0, 0.1) is 25.7 Å². The highest BCUT2D eigenvalue weighted by Gasteiger charge is 2.52. The fraction of sp³-hybridized carbons (Fsp3) is 0.574. The minimum Gasteiger partial charge on any atom is -0.399 e. The van der Waals surface area contributed by atoms with Gasteiger partial charge in [-0.2, -0.15) is 26.3 Å². The Balaban J connectivity index is 0.000000229. The zero-order chi connectivity index (χ0) is 78.2. The van der Waals surface area contributed by atoms with Gasteiger partial charge >= 0.3 is 31.5 Å². The Bertz CT molecular complexity index is 4120. The number of hydrogen-bond donors (Lipinski definition) is 5. The number of alkyl halides is 6. The monoisotopic (exact) mass is 1630 g/mol. The smallest absolute Gasteiger partial charge is 0.399 e. The lowest BCUT2D eigenvalue weighted by atomic mass is 9.76. The van der Waals surface area contributed by atoms with Gasteiger partial charge in [0.15, 0.2) is 0 Å². The van der Waals surface area contributed by atoms with Crippen molar-refractivity contribution in [2.75, 3.05) is 163 Å². The van der Waals surface area contributed by atoms with Gasteiger partial charge < -0.3 is 64.4 Å². The average molecular weight is 1630 g/mol. The van der Waals surface area contributed by atoms with Gasteiger partial charge in [-0.25, -0.2) is 49.8 Å². The maximum atomic E-state index is 12.8. The Morgan fingerprint density at radius 1 is 0.561 bits per heavy atom. The number of aryl methyl sites for hydroxylation is 2. The average Bonchev–Trinajstić information content (AvgIpc) is 1.74. The Morgan fingerprint density at radius 3 is 1.35 bits per heavy atom. The first-order chi connectivity index (χ1) is 49.5. The summed E-state index contributed by atoms with van der Waals surface area (Å²) in [6.45, 7) is 25.2. The minimum absolute atomic E-state index is 0. The molecule has 2 aromatic carbocycles. The second-order valence-electron chi connectivity index (χ2n) is 26.7. The number of nitrogens with two attached hydrogens (primary N) is 1. The van der Waals surface area contributed by atoms with Crippen LogP contribution < -0.4 is 46.0 Å². The van der Waals surface area contributed by atoms with E-state index in [0.29, 0.717) is 116 Å². The summed E-state index contributed by atoms with van der Waals surface area (Å²) in [5.74, 6) is 1.73. The number of rotatable bonds is 16. The summed E-state index contributed by atoms with van der Waals surface area (Å²) < 4.78 is 176. The largest absolute Gasteiger partial charge is 0.495 e. The van der Waals surface area contributed by atoms with Crippen molar-refractivity contribution in [3.8, 4) is 11.1 Å². The number of likely N-dealkylation sites (tertiary alicyclic amines) is 2. The SMILES string of the molecule is C.CCS(=O)(=O)Cl.CCS(=O)(=O)Nc1cc(-c2cc(NC(=O)N3CC[C@@H](CC(F)(F)F)C3)ccc2C)cc(N2CCOCC2)n1.CCS(=O)(=O)Nc1cc(Cl)cc(N2CCOCC2)n1.Cc1ccc(NC(=O)N2CC[C@@H](CC(F)(F)F)C2)cc1B1OC(C)(C)C(C)(C)O1.Nc1cc(Cl)cc(N2CCOCC2)n1. The zero-order valence-electron chi connectivity index (χ0n) is 60.5. The topological polar surface area (TPSA) is 312 Å². The number of anilines is 8. The molecule has 6 N–H and O–H groups in total. The number of ether oxygens (including phenoxy) is 3. The Kier molecular flexibility index (Phi) is 32.4. The van der Waals surface area contributed by atoms with Gasteiger partial charge in [0, 0.05) is 116 Å². The van der Waals surface area contributed by atoms with Crippen LogP contribution in [0.25, 0.3) is 11.1 Å². The molecule has 4 amide bonds. The molecule has 5 aromatic rings. The maximum absolute atomic E-state index is 12.8. The van der Waals surface area contributed by atoms with Gasteiger partial charge in [-0.05, 0) is 157 Å². The number of carbonyl (C=O) groups excluding carboxylic acids is 2. The van der Waals surface area contributed by atoms with Crippen molar-refractivity contribution in [3.05, 3.63) is 94.0 Å². The Morgan fingerprint density at radius 2 is 0.944 bits per heavy atom. The fourth-order valence-electron chi connectivity index (χ4n) is 11.5. The number of hydrogen-bond acceptors (Lipinski definition) is 20. The quantitative estimate of drug-likeness (QED) is 0.0348. The number of sulfonamides is 2. The first-order valence-electron chi connectivity index (χ1n) is 34.4. The molecule has 0 unspecified atom stereocenters. The molecule has 2 atom stereocenters. The third kappa shape index (κ3) is 28.7. The first-order valence-corrected chi connectivity index (χ1v) is 40.9. The zero-order valence-corrected chi connectivity index (χ0v) is 65.2. The van der Waals surface area contributed by atoms with E-state index in [2.05, 4.69) is 50.6 Å². The second kappa shape index (κ2) is 38.8. The van der Waals surface area contributed by atoms with E-state index in [-0.39, 0.29) is 56.0 Å². The first kappa shape index (κ1) is 89.3. The van der Waals surface area contributed by atoms with E-state index in [1.54, 1.807) is 49.4 Å². The molecule has 6 saturated heterocycles. The molecule has 0 aliphatic carbocycles. The second-order valence-corrected chi connectivity index (χ2v) is 34.7. The summed E-state index contributed by atoms with van der Waals surface area (Å²) in [6, 6.07) is 20.1. The van der Waals surface area contributed by atoms with Crippen LogP contribution >= 0.6 is 33.9 Å². The highest BCUT2D eigenvalue weighted by molar-refractivity contribution is 8.13. The number of aromatic nitrogens is 3. The molecule has 0 radical (unpaired) electrons. The summed E-state index contributed by atoms with van der Waals surface area (Å²) in [4.78, 5) is 47.3. The van der Waals surface area contributed by atoms with Gasteiger partial charge in [-0.1, -0.05) is 55.2 Å². The molecule has 11 rings (SSSR count). The minimum atomic E-state index is -4.25. The molecule has 3 aromatic heterocycles. The predicted molar refractivity (Wildman–Crippen MR) is 410 cm³/mol. The van der Waals surface area contributed by atoms with Crippen molar-refractivity contribution in [3.63, 3.8) is 0 Å². The normalized spacial score (nSPS) is 18.7. The van der Waals surface area contributed by atoms with Crippen molar-refractivity contribution in [1.29, 1.82) is 0 Å². The number of morpholine rings is 3. The van der Waals surface area contributed by atoms with Gasteiger partial charge in [-0.15, -0.1) is 0 Å². The molecule has 6 fully saturated rings. The third-order valence-electron chi connectivity index (χ3n) is 18.0. The molecule has 26 nitrogen and oxygen atoms in total. The fourth-order valence-corrected chi connectivity index (χ4v) is 13.0. The summed E-state index contributed by atoms with van der Waals surface area (Å²) in [5.41, 5.74) is 9.83. The number of urea groups is 2. The third-order valence-corrected chi connectivity index (χ3v) is 22.4. The van der Waals surface area contributed by atoms with Crippen LogP contribution in [0.4, 0.5) is 82.2 Å². The lowest BCUT2D eigenvalue weighted by Gasteiger charge is -2.32. The van der Waals surface area contributed by atoms with E-state index in [1.807, 2.05) is 75.6 Å². The standard InChI is InChI=1S/C25H32F3N5O4S.C20H28BF3N2O3.C11H16ClN3O3S.C9H12ClN3O.C2H5ClO2S.CH4/c1-3-38(35,36)31-22-12-19(13-23(30-22)32-8-10-37-11-9-32)21-14-20(5-4-17(21)2)29-24(34)33-7-6-18(16-33)15-25(26,27)28;1-13-6-7-15(10-16(13)21-28-18(2,3)19(4,5)29-21)25-17(27)26-9-8-14(12-26)11-20(22,23)24;1-2-19(16,17)14-10-7-9(12)8-11(13-10)15-3-5-18-6-4-15;10-7-5-8(11)12-9(6-7)13-1-3-14-4-2-13;1-2-6(3,4)5;/h4-5,12-14,18H,3,6-11,15-16H2,1-2H3,(H,29,34)(H,30,31);6-7,10,14H,8-9,11-12H2,1-5H3,(H,25,27);7-8H,2-6H2,1H3,(H,13,14);5-6H,1-4H2,(H2,11,12);2H2,1H3;1H4/t18-;14-;;;;/m00..../s1. The van der Waals surface area contributed by atoms with Gasteiger partial charge in [0.1, 0.15) is 34.9 Å². The number of nitrogens with zero attached hydrogens (tertiary/aromatic N) is 8. The van der Waals surface area contributed by atoms with Gasteiger partial charge in [0.05, 0.1) is 68.1 Å². The molecule has 0 saturated carbocycles. The summed E-state index contributed by atoms with van der Waals surface area (Å²) in [6.07, 6.45) is -9.54. The number of nitrogen functional groups attached to an aromatic ring is 1. The molecular weight excluding hydrogens is 1530 g/mol. The number of benzene rings is 2.